The molecule has 0 amide bonds. The Labute approximate surface area is 61.3 Å². The van der Waals surface area contributed by atoms with E-state index in [9.17, 15) is 8.42 Å². The summed E-state index contributed by atoms with van der Waals surface area (Å²) in [6.45, 7) is 2.49. The van der Waals surface area contributed by atoms with E-state index in [1.54, 1.807) is 0 Å². The minimum atomic E-state index is -2.74. The third-order valence-electron chi connectivity index (χ3n) is 1.59. The lowest BCUT2D eigenvalue weighted by atomic mass is 10.3. The van der Waals surface area contributed by atoms with Crippen LogP contribution in [-0.2, 0) is 14.6 Å². The molecule has 0 N–H and O–H groups in total. The lowest BCUT2D eigenvalue weighted by molar-refractivity contribution is 0.0816. The van der Waals surface area contributed by atoms with E-state index < -0.39 is 9.84 Å². The van der Waals surface area contributed by atoms with Crippen LogP contribution in [0.15, 0.2) is 0 Å². The van der Waals surface area contributed by atoms with E-state index in [-0.39, 0.29) is 11.9 Å². The van der Waals surface area contributed by atoms with E-state index in [2.05, 4.69) is 0 Å². The molecule has 0 bridgehead atoms. The van der Waals surface area contributed by atoms with E-state index in [0.717, 1.165) is 0 Å². The van der Waals surface area contributed by atoms with Crippen LogP contribution in [0.25, 0.3) is 0 Å². The molecule has 0 aromatic carbocycles. The Balaban J connectivity index is 2.44. The van der Waals surface area contributed by atoms with Gasteiger partial charge in [-0.15, -0.1) is 0 Å². The van der Waals surface area contributed by atoms with Crippen LogP contribution in [0.3, 0.4) is 0 Å². The van der Waals surface area contributed by atoms with Gasteiger partial charge in [-0.25, -0.2) is 8.42 Å². The second-order valence-electron chi connectivity index (χ2n) is 2.48. The van der Waals surface area contributed by atoms with Crippen LogP contribution in [-0.4, -0.2) is 32.6 Å². The highest BCUT2D eigenvalue weighted by Crippen LogP contribution is 2.13. The first-order valence-corrected chi connectivity index (χ1v) is 5.28. The van der Waals surface area contributed by atoms with E-state index >= 15 is 0 Å². The molecule has 4 heteroatoms. The molecule has 1 heterocycles. The molecule has 1 rings (SSSR count). The summed E-state index contributed by atoms with van der Waals surface area (Å²) in [5.41, 5.74) is 0. The van der Waals surface area contributed by atoms with Gasteiger partial charge in [-0.05, 0) is 13.3 Å². The topological polar surface area (TPSA) is 43.4 Å². The van der Waals surface area contributed by atoms with Crippen LogP contribution >= 0.6 is 0 Å². The third kappa shape index (κ3) is 1.95. The molecule has 1 aliphatic heterocycles. The van der Waals surface area contributed by atoms with Gasteiger partial charge in [-0.1, -0.05) is 0 Å². The third-order valence-corrected chi connectivity index (χ3v) is 3.33. The highest BCUT2D eigenvalue weighted by molar-refractivity contribution is 7.91. The Bertz CT molecular complexity index is 195. The molecule has 1 unspecified atom stereocenters. The van der Waals surface area contributed by atoms with Crippen molar-refractivity contribution in [2.24, 2.45) is 0 Å². The first-order valence-electron chi connectivity index (χ1n) is 3.46. The normalized spacial score (nSPS) is 30.7. The fraction of sp³-hybridized carbons (Fsp3) is 1.00. The summed E-state index contributed by atoms with van der Waals surface area (Å²) >= 11 is 0. The quantitative estimate of drug-likeness (QED) is 0.586. The number of ether oxygens (including phenoxy) is 1. The largest absolute Gasteiger partial charge is 0.377 e. The molecule has 0 aromatic rings. The highest BCUT2D eigenvalue weighted by Gasteiger charge is 2.27. The first-order chi connectivity index (χ1) is 4.64. The average Bonchev–Trinajstić information content (AvgIpc) is 2.12. The molecule has 1 saturated heterocycles. The van der Waals surface area contributed by atoms with Gasteiger partial charge in [0.25, 0.3) is 0 Å². The summed E-state index contributed by atoms with van der Waals surface area (Å²) in [4.78, 5) is 0. The highest BCUT2D eigenvalue weighted by atomic mass is 32.2. The van der Waals surface area contributed by atoms with E-state index in [1.807, 2.05) is 6.92 Å². The van der Waals surface area contributed by atoms with Crippen LogP contribution in [0, 0.1) is 0 Å². The van der Waals surface area contributed by atoms with Gasteiger partial charge in [0.1, 0.15) is 0 Å². The fourth-order valence-electron chi connectivity index (χ4n) is 1.13. The van der Waals surface area contributed by atoms with Crippen molar-refractivity contribution in [2.45, 2.75) is 19.4 Å². The summed E-state index contributed by atoms with van der Waals surface area (Å²) in [6, 6.07) is 0. The van der Waals surface area contributed by atoms with Crippen molar-refractivity contribution in [1.82, 2.24) is 0 Å². The molecule has 1 fully saturated rings. The van der Waals surface area contributed by atoms with Gasteiger partial charge in [-0.3, -0.25) is 0 Å². The molecule has 0 saturated carbocycles. The van der Waals surface area contributed by atoms with Gasteiger partial charge < -0.3 is 4.74 Å². The van der Waals surface area contributed by atoms with Crippen molar-refractivity contribution in [1.29, 1.82) is 0 Å². The monoisotopic (exact) mass is 164 g/mol. The second-order valence-corrected chi connectivity index (χ2v) is 4.71. The van der Waals surface area contributed by atoms with Crippen LogP contribution in [0.4, 0.5) is 0 Å². The zero-order valence-corrected chi connectivity index (χ0v) is 6.86. The first kappa shape index (κ1) is 8.01. The van der Waals surface area contributed by atoms with Crippen molar-refractivity contribution in [3.63, 3.8) is 0 Å². The van der Waals surface area contributed by atoms with Crippen LogP contribution in [0.2, 0.25) is 0 Å². The van der Waals surface area contributed by atoms with Crippen LogP contribution in [0.1, 0.15) is 13.3 Å². The zero-order chi connectivity index (χ0) is 7.61. The van der Waals surface area contributed by atoms with Crippen molar-refractivity contribution in [3.05, 3.63) is 0 Å². The van der Waals surface area contributed by atoms with E-state index in [4.69, 9.17) is 4.74 Å². The maximum absolute atomic E-state index is 10.8. The molecule has 0 radical (unpaired) electrons. The molecule has 3 nitrogen and oxygen atoms in total. The number of sulfone groups is 1. The average molecular weight is 164 g/mol. The summed E-state index contributed by atoms with van der Waals surface area (Å²) in [7, 11) is -2.74. The summed E-state index contributed by atoms with van der Waals surface area (Å²) < 4.78 is 26.8. The SMILES string of the molecule is CCOC1CCS(=O)(=O)C1. The van der Waals surface area contributed by atoms with Crippen molar-refractivity contribution in [2.75, 3.05) is 18.1 Å². The number of hydrogen-bond donors (Lipinski definition) is 0. The molecule has 60 valence electrons. The molecule has 0 aromatic heterocycles. The molecular weight excluding hydrogens is 152 g/mol. The Hall–Kier alpha value is -0.0900. The summed E-state index contributed by atoms with van der Waals surface area (Å²) in [5, 5.41) is 0. The van der Waals surface area contributed by atoms with Crippen LogP contribution in [0.5, 0.6) is 0 Å². The lowest BCUT2D eigenvalue weighted by Crippen LogP contribution is -2.13. The minimum Gasteiger partial charge on any atom is -0.377 e. The minimum absolute atomic E-state index is 0.0324. The maximum Gasteiger partial charge on any atom is 0.152 e. The second kappa shape index (κ2) is 2.88. The van der Waals surface area contributed by atoms with Crippen LogP contribution < -0.4 is 0 Å². The van der Waals surface area contributed by atoms with E-state index in [1.165, 1.54) is 0 Å². The molecule has 10 heavy (non-hydrogen) atoms. The maximum atomic E-state index is 10.8. The van der Waals surface area contributed by atoms with Crippen molar-refractivity contribution in [3.8, 4) is 0 Å². The predicted molar refractivity (Wildman–Crippen MR) is 38.7 cm³/mol. The predicted octanol–water partition coefficient (Wildman–Crippen LogP) is 0.210. The molecule has 1 aliphatic rings. The molecule has 0 spiro atoms. The van der Waals surface area contributed by atoms with Crippen molar-refractivity contribution >= 4 is 9.84 Å². The standard InChI is InChI=1S/C6H12O3S/c1-2-9-6-3-4-10(7,8)5-6/h6H,2-5H2,1H3. The Morgan fingerprint density at radius 3 is 2.70 bits per heavy atom. The molecule has 1 atom stereocenters. The lowest BCUT2D eigenvalue weighted by Gasteiger charge is -2.05. The molecular formula is C6H12O3S. The fourth-order valence-corrected chi connectivity index (χ4v) is 2.75. The number of rotatable bonds is 2. The zero-order valence-electron chi connectivity index (χ0n) is 6.04. The Morgan fingerprint density at radius 2 is 2.30 bits per heavy atom. The smallest absolute Gasteiger partial charge is 0.152 e. The van der Waals surface area contributed by atoms with Gasteiger partial charge in [0.15, 0.2) is 9.84 Å². The van der Waals surface area contributed by atoms with E-state index in [0.29, 0.717) is 18.8 Å². The molecule has 0 aliphatic carbocycles. The van der Waals surface area contributed by atoms with Crippen molar-refractivity contribution < 1.29 is 13.2 Å². The Morgan fingerprint density at radius 1 is 1.60 bits per heavy atom. The number of hydrogen-bond acceptors (Lipinski definition) is 3. The van der Waals surface area contributed by atoms with Gasteiger partial charge in [-0.2, -0.15) is 0 Å². The van der Waals surface area contributed by atoms with Gasteiger partial charge in [0.2, 0.25) is 0 Å². The van der Waals surface area contributed by atoms with Gasteiger partial charge in [0.05, 0.1) is 17.6 Å². The summed E-state index contributed by atoms with van der Waals surface area (Å²) in [5.74, 6) is 0.526. The van der Waals surface area contributed by atoms with Gasteiger partial charge >= 0.3 is 0 Å². The Kier molecular flexibility index (Phi) is 2.31. The van der Waals surface area contributed by atoms with Gasteiger partial charge in [0, 0.05) is 6.61 Å². The summed E-state index contributed by atoms with van der Waals surface area (Å²) in [6.07, 6.45) is 0.644.